The Morgan fingerprint density at radius 1 is 1.15 bits per heavy atom. The van der Waals surface area contributed by atoms with Gasteiger partial charge in [0, 0.05) is 13.1 Å². The summed E-state index contributed by atoms with van der Waals surface area (Å²) in [5.41, 5.74) is 3.54. The van der Waals surface area contributed by atoms with Crippen LogP contribution < -0.4 is 0 Å². The molecule has 2 rings (SSSR count). The third kappa shape index (κ3) is 4.60. The number of rotatable bonds is 6. The first-order chi connectivity index (χ1) is 9.54. The van der Waals surface area contributed by atoms with E-state index in [4.69, 9.17) is 0 Å². The van der Waals surface area contributed by atoms with Crippen molar-refractivity contribution in [3.8, 4) is 0 Å². The first-order valence-corrected chi connectivity index (χ1v) is 7.99. The number of aliphatic hydroxyl groups is 1. The fraction of sp³-hybridized carbons (Fsp3) is 0.667. The van der Waals surface area contributed by atoms with Crippen LogP contribution in [0, 0.1) is 19.8 Å². The van der Waals surface area contributed by atoms with Crippen LogP contribution in [0.3, 0.4) is 0 Å². The standard InChI is InChI=1S/C18H29NO/c1-14-10-15(2)12-17(11-14)18(20)8-9-19(3)13-16-6-4-5-7-16/h10-12,16,18,20H,4-9,13H2,1-3H3. The fourth-order valence-electron chi connectivity index (χ4n) is 3.44. The molecule has 20 heavy (non-hydrogen) atoms. The Morgan fingerprint density at radius 2 is 1.75 bits per heavy atom. The Kier molecular flexibility index (Phi) is 5.62. The molecule has 1 aromatic rings. The molecule has 1 aromatic carbocycles. The second-order valence-electron chi connectivity index (χ2n) is 6.64. The zero-order chi connectivity index (χ0) is 14.5. The Morgan fingerprint density at radius 3 is 2.35 bits per heavy atom. The van der Waals surface area contributed by atoms with Crippen molar-refractivity contribution in [2.75, 3.05) is 20.1 Å². The van der Waals surface area contributed by atoms with Crippen LogP contribution in [0.15, 0.2) is 18.2 Å². The van der Waals surface area contributed by atoms with Gasteiger partial charge in [0.25, 0.3) is 0 Å². The van der Waals surface area contributed by atoms with Crippen LogP contribution in [0.5, 0.6) is 0 Å². The van der Waals surface area contributed by atoms with Gasteiger partial charge in [-0.05, 0) is 51.6 Å². The molecule has 0 radical (unpaired) electrons. The largest absolute Gasteiger partial charge is 0.388 e. The molecule has 1 fully saturated rings. The summed E-state index contributed by atoms with van der Waals surface area (Å²) in [4.78, 5) is 2.39. The molecule has 0 amide bonds. The first kappa shape index (κ1) is 15.5. The van der Waals surface area contributed by atoms with Crippen LogP contribution in [-0.4, -0.2) is 30.1 Å². The van der Waals surface area contributed by atoms with Gasteiger partial charge >= 0.3 is 0 Å². The van der Waals surface area contributed by atoms with E-state index in [0.717, 1.165) is 24.4 Å². The van der Waals surface area contributed by atoms with E-state index in [1.807, 2.05) is 0 Å². The van der Waals surface area contributed by atoms with Gasteiger partial charge < -0.3 is 10.0 Å². The van der Waals surface area contributed by atoms with Crippen molar-refractivity contribution in [2.45, 2.75) is 52.1 Å². The highest BCUT2D eigenvalue weighted by Gasteiger charge is 2.17. The summed E-state index contributed by atoms with van der Waals surface area (Å²) in [5.74, 6) is 0.887. The van der Waals surface area contributed by atoms with Crippen LogP contribution in [0.2, 0.25) is 0 Å². The lowest BCUT2D eigenvalue weighted by atomic mass is 10.0. The highest BCUT2D eigenvalue weighted by atomic mass is 16.3. The van der Waals surface area contributed by atoms with E-state index in [0.29, 0.717) is 0 Å². The van der Waals surface area contributed by atoms with Crippen LogP contribution >= 0.6 is 0 Å². The SMILES string of the molecule is Cc1cc(C)cc(C(O)CCN(C)CC2CCCC2)c1. The van der Waals surface area contributed by atoms with Crippen LogP contribution in [0.1, 0.15) is 54.9 Å². The molecule has 0 aromatic heterocycles. The second-order valence-corrected chi connectivity index (χ2v) is 6.64. The number of aliphatic hydroxyl groups excluding tert-OH is 1. The molecule has 112 valence electrons. The molecule has 1 aliphatic carbocycles. The molecule has 0 bridgehead atoms. The van der Waals surface area contributed by atoms with E-state index in [1.54, 1.807) is 0 Å². The van der Waals surface area contributed by atoms with Crippen molar-refractivity contribution < 1.29 is 5.11 Å². The third-order valence-corrected chi connectivity index (χ3v) is 4.46. The van der Waals surface area contributed by atoms with Gasteiger partial charge in [-0.3, -0.25) is 0 Å². The Bertz CT molecular complexity index is 403. The predicted octanol–water partition coefficient (Wildman–Crippen LogP) is 3.85. The molecule has 2 nitrogen and oxygen atoms in total. The first-order valence-electron chi connectivity index (χ1n) is 7.99. The van der Waals surface area contributed by atoms with Gasteiger partial charge in [-0.15, -0.1) is 0 Å². The van der Waals surface area contributed by atoms with Crippen LogP contribution in [0.25, 0.3) is 0 Å². The summed E-state index contributed by atoms with van der Waals surface area (Å²) in [7, 11) is 2.19. The highest BCUT2D eigenvalue weighted by molar-refractivity contribution is 5.29. The lowest BCUT2D eigenvalue weighted by molar-refractivity contribution is 0.144. The predicted molar refractivity (Wildman–Crippen MR) is 84.9 cm³/mol. The van der Waals surface area contributed by atoms with Gasteiger partial charge in [-0.1, -0.05) is 42.2 Å². The lowest BCUT2D eigenvalue weighted by Gasteiger charge is -2.22. The quantitative estimate of drug-likeness (QED) is 0.852. The zero-order valence-corrected chi connectivity index (χ0v) is 13.2. The topological polar surface area (TPSA) is 23.5 Å². The molecule has 0 saturated heterocycles. The molecule has 0 spiro atoms. The van der Waals surface area contributed by atoms with E-state index in [-0.39, 0.29) is 6.10 Å². The summed E-state index contributed by atoms with van der Waals surface area (Å²) in [5, 5.41) is 10.4. The third-order valence-electron chi connectivity index (χ3n) is 4.46. The molecule has 1 aliphatic rings. The molecule has 0 aliphatic heterocycles. The van der Waals surface area contributed by atoms with Gasteiger partial charge in [-0.25, -0.2) is 0 Å². The molecular weight excluding hydrogens is 246 g/mol. The fourth-order valence-corrected chi connectivity index (χ4v) is 3.44. The van der Waals surface area contributed by atoms with Crippen molar-refractivity contribution in [1.29, 1.82) is 0 Å². The van der Waals surface area contributed by atoms with E-state index < -0.39 is 0 Å². The summed E-state index contributed by atoms with van der Waals surface area (Å²) >= 11 is 0. The van der Waals surface area contributed by atoms with Crippen LogP contribution in [-0.2, 0) is 0 Å². The molecule has 1 saturated carbocycles. The average Bonchev–Trinajstić information content (AvgIpc) is 2.87. The second kappa shape index (κ2) is 7.24. The summed E-state index contributed by atoms with van der Waals surface area (Å²) in [6.45, 7) is 6.36. The highest BCUT2D eigenvalue weighted by Crippen LogP contribution is 2.26. The van der Waals surface area contributed by atoms with E-state index >= 15 is 0 Å². The normalized spacial score (nSPS) is 17.9. The number of aryl methyl sites for hydroxylation is 2. The minimum atomic E-state index is -0.334. The molecule has 1 unspecified atom stereocenters. The summed E-state index contributed by atoms with van der Waals surface area (Å²) < 4.78 is 0. The monoisotopic (exact) mass is 275 g/mol. The number of benzene rings is 1. The number of hydrogen-bond acceptors (Lipinski definition) is 2. The Hall–Kier alpha value is -0.860. The maximum Gasteiger partial charge on any atom is 0.0802 e. The molecular formula is C18H29NO. The summed E-state index contributed by atoms with van der Waals surface area (Å²) in [6.07, 6.45) is 6.09. The molecule has 2 heteroatoms. The van der Waals surface area contributed by atoms with Gasteiger partial charge in [-0.2, -0.15) is 0 Å². The Labute approximate surface area is 123 Å². The van der Waals surface area contributed by atoms with Crippen molar-refractivity contribution in [3.63, 3.8) is 0 Å². The lowest BCUT2D eigenvalue weighted by Crippen LogP contribution is -2.26. The molecule has 1 atom stereocenters. The average molecular weight is 275 g/mol. The van der Waals surface area contributed by atoms with Crippen molar-refractivity contribution in [3.05, 3.63) is 34.9 Å². The minimum Gasteiger partial charge on any atom is -0.388 e. The Balaban J connectivity index is 1.80. The maximum absolute atomic E-state index is 10.4. The van der Waals surface area contributed by atoms with Crippen molar-refractivity contribution in [1.82, 2.24) is 4.90 Å². The van der Waals surface area contributed by atoms with E-state index in [2.05, 4.69) is 44.0 Å². The van der Waals surface area contributed by atoms with Crippen molar-refractivity contribution in [2.24, 2.45) is 5.92 Å². The minimum absolute atomic E-state index is 0.334. The van der Waals surface area contributed by atoms with E-state index in [1.165, 1.54) is 43.4 Å². The van der Waals surface area contributed by atoms with Gasteiger partial charge in [0.15, 0.2) is 0 Å². The van der Waals surface area contributed by atoms with Gasteiger partial charge in [0.1, 0.15) is 0 Å². The van der Waals surface area contributed by atoms with E-state index in [9.17, 15) is 5.11 Å². The molecule has 1 N–H and O–H groups in total. The molecule has 0 heterocycles. The summed E-state index contributed by atoms with van der Waals surface area (Å²) in [6, 6.07) is 6.37. The van der Waals surface area contributed by atoms with Crippen molar-refractivity contribution >= 4 is 0 Å². The number of hydrogen-bond donors (Lipinski definition) is 1. The van der Waals surface area contributed by atoms with Gasteiger partial charge in [0.05, 0.1) is 6.10 Å². The number of nitrogens with zero attached hydrogens (tertiary/aromatic N) is 1. The van der Waals surface area contributed by atoms with Crippen LogP contribution in [0.4, 0.5) is 0 Å². The maximum atomic E-state index is 10.4. The zero-order valence-electron chi connectivity index (χ0n) is 13.2. The van der Waals surface area contributed by atoms with Gasteiger partial charge in [0.2, 0.25) is 0 Å². The smallest absolute Gasteiger partial charge is 0.0802 e.